The van der Waals surface area contributed by atoms with E-state index >= 15 is 0 Å². The summed E-state index contributed by atoms with van der Waals surface area (Å²) >= 11 is 5.88. The third-order valence-corrected chi connectivity index (χ3v) is 4.75. The predicted molar refractivity (Wildman–Crippen MR) is 98.6 cm³/mol. The van der Waals surface area contributed by atoms with Crippen LogP contribution in [-0.4, -0.2) is 41.9 Å². The van der Waals surface area contributed by atoms with Crippen molar-refractivity contribution in [2.75, 3.05) is 14.1 Å². The number of nitrogens with zero attached hydrogens (tertiary/aromatic N) is 1. The Morgan fingerprint density at radius 3 is 2.27 bits per heavy atom. The van der Waals surface area contributed by atoms with Gasteiger partial charge in [-0.3, -0.25) is 14.4 Å². The van der Waals surface area contributed by atoms with Crippen LogP contribution in [0.1, 0.15) is 30.9 Å². The first-order valence-electron chi connectivity index (χ1n) is 8.43. The van der Waals surface area contributed by atoms with Crippen molar-refractivity contribution >= 4 is 29.4 Å². The van der Waals surface area contributed by atoms with Gasteiger partial charge in [0.2, 0.25) is 11.8 Å². The van der Waals surface area contributed by atoms with Gasteiger partial charge >= 0.3 is 5.97 Å². The van der Waals surface area contributed by atoms with Gasteiger partial charge in [0.15, 0.2) is 0 Å². The maximum Gasteiger partial charge on any atom is 0.305 e. The molecule has 0 fully saturated rings. The van der Waals surface area contributed by atoms with Crippen molar-refractivity contribution in [1.82, 2.24) is 10.2 Å². The number of carbonyl (C=O) groups excluding carboxylic acids is 2. The molecule has 2 N–H and O–H groups in total. The van der Waals surface area contributed by atoms with Crippen LogP contribution in [0.3, 0.4) is 0 Å². The highest BCUT2D eigenvalue weighted by atomic mass is 35.5. The Morgan fingerprint density at radius 2 is 1.73 bits per heavy atom. The second-order valence-corrected chi connectivity index (χ2v) is 7.04. The lowest BCUT2D eigenvalue weighted by atomic mass is 9.81. The number of halogens is 1. The molecule has 7 heteroatoms. The summed E-state index contributed by atoms with van der Waals surface area (Å²) in [7, 11) is 3.33. The van der Waals surface area contributed by atoms with E-state index in [2.05, 4.69) is 5.32 Å². The second kappa shape index (κ2) is 8.85. The molecule has 3 unspecified atom stereocenters. The molecule has 1 aliphatic rings. The van der Waals surface area contributed by atoms with E-state index in [9.17, 15) is 19.5 Å². The summed E-state index contributed by atoms with van der Waals surface area (Å²) in [6.07, 6.45) is 4.50. The Bertz CT molecular complexity index is 700. The molecule has 0 saturated carbocycles. The number of rotatable bonds is 6. The molecule has 3 atom stereocenters. The number of amides is 2. The number of benzene rings is 1. The van der Waals surface area contributed by atoms with Gasteiger partial charge in [-0.05, 0) is 30.5 Å². The third kappa shape index (κ3) is 5.08. The summed E-state index contributed by atoms with van der Waals surface area (Å²) < 4.78 is 0. The predicted octanol–water partition coefficient (Wildman–Crippen LogP) is 2.64. The molecular weight excluding hydrogens is 356 g/mol. The monoisotopic (exact) mass is 378 g/mol. The van der Waals surface area contributed by atoms with Crippen molar-refractivity contribution < 1.29 is 19.5 Å². The van der Waals surface area contributed by atoms with E-state index in [-0.39, 0.29) is 18.2 Å². The van der Waals surface area contributed by atoms with Gasteiger partial charge < -0.3 is 15.3 Å². The number of allylic oxidation sites excluding steroid dienone is 2. The van der Waals surface area contributed by atoms with Crippen molar-refractivity contribution in [1.29, 1.82) is 0 Å². The standard InChI is InChI=1S/C19H23ClN2O4/c1-22(2)19(26)15-6-4-3-5-14(15)18(25)21-16(11-17(23)24)12-7-9-13(20)10-8-12/h3-4,7-10,14-16H,5-6,11H2,1-2H3,(H,21,25)(H,23,24). The molecule has 0 saturated heterocycles. The number of hydrogen-bond acceptors (Lipinski definition) is 3. The Morgan fingerprint density at radius 1 is 1.15 bits per heavy atom. The highest BCUT2D eigenvalue weighted by molar-refractivity contribution is 6.30. The number of aliphatic carboxylic acids is 1. The summed E-state index contributed by atoms with van der Waals surface area (Å²) in [6, 6.07) is 6.01. The Balaban J connectivity index is 2.19. The van der Waals surface area contributed by atoms with Crippen LogP contribution in [0.15, 0.2) is 36.4 Å². The number of carbonyl (C=O) groups is 3. The van der Waals surface area contributed by atoms with E-state index in [4.69, 9.17) is 11.6 Å². The second-order valence-electron chi connectivity index (χ2n) is 6.60. The zero-order valence-electron chi connectivity index (χ0n) is 14.8. The van der Waals surface area contributed by atoms with Crippen LogP contribution in [0.2, 0.25) is 5.02 Å². The number of carboxylic acid groups (broad SMARTS) is 1. The smallest absolute Gasteiger partial charge is 0.305 e. The summed E-state index contributed by atoms with van der Waals surface area (Å²) in [5, 5.41) is 12.5. The van der Waals surface area contributed by atoms with Crippen LogP contribution in [0.25, 0.3) is 0 Å². The van der Waals surface area contributed by atoms with Gasteiger partial charge in [-0.1, -0.05) is 35.9 Å². The van der Waals surface area contributed by atoms with Crippen LogP contribution in [-0.2, 0) is 14.4 Å². The molecule has 0 radical (unpaired) electrons. The number of hydrogen-bond donors (Lipinski definition) is 2. The summed E-state index contributed by atoms with van der Waals surface area (Å²) in [5.41, 5.74) is 0.659. The lowest BCUT2D eigenvalue weighted by molar-refractivity contribution is -0.141. The van der Waals surface area contributed by atoms with E-state index in [1.54, 1.807) is 38.4 Å². The highest BCUT2D eigenvalue weighted by Gasteiger charge is 2.35. The first kappa shape index (κ1) is 20.0. The molecule has 6 nitrogen and oxygen atoms in total. The maximum atomic E-state index is 12.8. The molecule has 1 aromatic carbocycles. The Labute approximate surface area is 157 Å². The Kier molecular flexibility index (Phi) is 6.80. The zero-order chi connectivity index (χ0) is 19.3. The van der Waals surface area contributed by atoms with Gasteiger partial charge in [0.25, 0.3) is 0 Å². The molecule has 1 aromatic rings. The van der Waals surface area contributed by atoms with Crippen LogP contribution in [0.4, 0.5) is 0 Å². The fraction of sp³-hybridized carbons (Fsp3) is 0.421. The van der Waals surface area contributed by atoms with Gasteiger partial charge in [0, 0.05) is 19.1 Å². The van der Waals surface area contributed by atoms with Crippen molar-refractivity contribution in [2.45, 2.75) is 25.3 Å². The van der Waals surface area contributed by atoms with Gasteiger partial charge in [0.1, 0.15) is 0 Å². The van der Waals surface area contributed by atoms with E-state index < -0.39 is 23.8 Å². The van der Waals surface area contributed by atoms with Gasteiger partial charge in [-0.25, -0.2) is 0 Å². The third-order valence-electron chi connectivity index (χ3n) is 4.49. The van der Waals surface area contributed by atoms with Crippen molar-refractivity contribution in [3.8, 4) is 0 Å². The summed E-state index contributed by atoms with van der Waals surface area (Å²) in [6.45, 7) is 0. The lowest BCUT2D eigenvalue weighted by Gasteiger charge is -2.30. The molecule has 26 heavy (non-hydrogen) atoms. The van der Waals surface area contributed by atoms with Gasteiger partial charge in [-0.15, -0.1) is 0 Å². The fourth-order valence-corrected chi connectivity index (χ4v) is 3.24. The number of nitrogens with one attached hydrogen (secondary N) is 1. The summed E-state index contributed by atoms with van der Waals surface area (Å²) in [5.74, 6) is -2.38. The van der Waals surface area contributed by atoms with Crippen molar-refractivity contribution in [3.63, 3.8) is 0 Å². The first-order valence-corrected chi connectivity index (χ1v) is 8.81. The minimum absolute atomic E-state index is 0.101. The Hall–Kier alpha value is -2.34. The van der Waals surface area contributed by atoms with E-state index in [0.29, 0.717) is 23.4 Å². The van der Waals surface area contributed by atoms with E-state index in [0.717, 1.165) is 0 Å². The minimum Gasteiger partial charge on any atom is -0.481 e. The van der Waals surface area contributed by atoms with Crippen LogP contribution >= 0.6 is 11.6 Å². The molecule has 0 bridgehead atoms. The molecule has 2 amide bonds. The van der Waals surface area contributed by atoms with Crippen LogP contribution < -0.4 is 5.32 Å². The minimum atomic E-state index is -1.02. The zero-order valence-corrected chi connectivity index (χ0v) is 15.6. The van der Waals surface area contributed by atoms with Crippen molar-refractivity contribution in [3.05, 3.63) is 47.0 Å². The van der Waals surface area contributed by atoms with Gasteiger partial charge in [-0.2, -0.15) is 0 Å². The normalized spacial score (nSPS) is 20.3. The average Bonchev–Trinajstić information content (AvgIpc) is 2.60. The first-order chi connectivity index (χ1) is 12.3. The fourth-order valence-electron chi connectivity index (χ4n) is 3.11. The van der Waals surface area contributed by atoms with Crippen LogP contribution in [0.5, 0.6) is 0 Å². The van der Waals surface area contributed by atoms with Gasteiger partial charge in [0.05, 0.1) is 24.3 Å². The maximum absolute atomic E-state index is 12.8. The molecule has 0 aromatic heterocycles. The SMILES string of the molecule is CN(C)C(=O)C1CC=CCC1C(=O)NC(CC(=O)O)c1ccc(Cl)cc1. The van der Waals surface area contributed by atoms with Crippen LogP contribution in [0, 0.1) is 11.8 Å². The number of carboxylic acids is 1. The topological polar surface area (TPSA) is 86.7 Å². The molecule has 2 rings (SSSR count). The molecule has 140 valence electrons. The molecule has 0 aliphatic heterocycles. The summed E-state index contributed by atoms with van der Waals surface area (Å²) in [4.78, 5) is 37.9. The van der Waals surface area contributed by atoms with E-state index in [1.165, 1.54) is 4.90 Å². The van der Waals surface area contributed by atoms with Crippen molar-refractivity contribution in [2.24, 2.45) is 11.8 Å². The molecule has 0 spiro atoms. The highest BCUT2D eigenvalue weighted by Crippen LogP contribution is 2.29. The molecule has 0 heterocycles. The quantitative estimate of drug-likeness (QED) is 0.745. The molecular formula is C19H23ClN2O4. The van der Waals surface area contributed by atoms with E-state index in [1.807, 2.05) is 12.2 Å². The molecule has 1 aliphatic carbocycles. The largest absolute Gasteiger partial charge is 0.481 e. The lowest BCUT2D eigenvalue weighted by Crippen LogP contribution is -2.43. The average molecular weight is 379 g/mol.